The van der Waals surface area contributed by atoms with Crippen molar-refractivity contribution in [1.29, 1.82) is 0 Å². The van der Waals surface area contributed by atoms with Crippen molar-refractivity contribution in [3.8, 4) is 17.1 Å². The number of carbonyl (C=O) groups excluding carboxylic acids is 1. The molecule has 4 rings (SSSR count). The lowest BCUT2D eigenvalue weighted by atomic mass is 9.99. The molecule has 3 heterocycles. The predicted molar refractivity (Wildman–Crippen MR) is 112 cm³/mol. The molecule has 0 spiro atoms. The van der Waals surface area contributed by atoms with Crippen molar-refractivity contribution in [1.82, 2.24) is 29.6 Å². The van der Waals surface area contributed by atoms with Crippen LogP contribution in [0.25, 0.3) is 11.4 Å². The molecule has 0 aliphatic carbocycles. The molecule has 168 valence electrons. The van der Waals surface area contributed by atoms with Crippen LogP contribution in [0.2, 0.25) is 0 Å². The van der Waals surface area contributed by atoms with E-state index in [1.807, 2.05) is 0 Å². The highest BCUT2D eigenvalue weighted by Crippen LogP contribution is 2.26. The van der Waals surface area contributed by atoms with Crippen LogP contribution in [-0.4, -0.2) is 48.5 Å². The Morgan fingerprint density at radius 2 is 2.06 bits per heavy atom. The number of halogens is 1. The number of aromatic hydroxyl groups is 1. The van der Waals surface area contributed by atoms with Crippen molar-refractivity contribution >= 4 is 5.91 Å². The molecule has 0 radical (unpaired) electrons. The number of carbonyl (C=O) groups is 1. The Morgan fingerprint density at radius 1 is 1.31 bits per heavy atom. The van der Waals surface area contributed by atoms with Crippen molar-refractivity contribution in [2.45, 2.75) is 25.3 Å². The average molecular weight is 442 g/mol. The van der Waals surface area contributed by atoms with Gasteiger partial charge in [-0.25, -0.2) is 19.0 Å². The Kier molecular flexibility index (Phi) is 5.99. The Labute approximate surface area is 182 Å². The lowest BCUT2D eigenvalue weighted by Crippen LogP contribution is -2.32. The van der Waals surface area contributed by atoms with E-state index < -0.39 is 23.0 Å². The molecule has 0 bridgehead atoms. The second-order valence-corrected chi connectivity index (χ2v) is 7.61. The fourth-order valence-corrected chi connectivity index (χ4v) is 3.80. The van der Waals surface area contributed by atoms with Crippen LogP contribution in [0.15, 0.2) is 29.3 Å². The zero-order valence-corrected chi connectivity index (χ0v) is 17.7. The monoisotopic (exact) mass is 442 g/mol. The average Bonchev–Trinajstić information content (AvgIpc) is 3.23. The van der Waals surface area contributed by atoms with Gasteiger partial charge in [0.25, 0.3) is 11.5 Å². The lowest BCUT2D eigenvalue weighted by Gasteiger charge is -2.23. The summed E-state index contributed by atoms with van der Waals surface area (Å²) in [6.07, 6.45) is 2.69. The maximum Gasteiger partial charge on any atom is 0.296 e. The van der Waals surface area contributed by atoms with Gasteiger partial charge < -0.3 is 15.2 Å². The van der Waals surface area contributed by atoms with Gasteiger partial charge in [-0.3, -0.25) is 14.2 Å². The maximum absolute atomic E-state index is 13.9. The number of amides is 1. The van der Waals surface area contributed by atoms with Crippen molar-refractivity contribution in [3.63, 3.8) is 0 Å². The minimum Gasteiger partial charge on any atom is -0.501 e. The summed E-state index contributed by atoms with van der Waals surface area (Å²) < 4.78 is 22.0. The first-order valence-electron chi connectivity index (χ1n) is 10.2. The van der Waals surface area contributed by atoms with Gasteiger partial charge in [0.1, 0.15) is 18.0 Å². The SMILES string of the molecule is Cn1ncnc1-c1cc(F)ccc1CNC(=O)c1nc(C2CCOCC2)n(C)c(=O)c1O. The summed E-state index contributed by atoms with van der Waals surface area (Å²) >= 11 is 0. The van der Waals surface area contributed by atoms with E-state index in [1.165, 1.54) is 40.8 Å². The molecule has 1 saturated heterocycles. The highest BCUT2D eigenvalue weighted by Gasteiger charge is 2.26. The third kappa shape index (κ3) is 4.11. The van der Waals surface area contributed by atoms with Gasteiger partial charge in [-0.05, 0) is 30.5 Å². The first-order valence-corrected chi connectivity index (χ1v) is 10.2. The van der Waals surface area contributed by atoms with Crippen LogP contribution in [-0.2, 0) is 25.4 Å². The van der Waals surface area contributed by atoms with Crippen LogP contribution in [0.3, 0.4) is 0 Å². The molecular formula is C21H23FN6O4. The number of hydrogen-bond acceptors (Lipinski definition) is 7. The van der Waals surface area contributed by atoms with Crippen LogP contribution in [0.1, 0.15) is 40.6 Å². The summed E-state index contributed by atoms with van der Waals surface area (Å²) in [5.74, 6) is -1.05. The summed E-state index contributed by atoms with van der Waals surface area (Å²) in [6, 6.07) is 4.12. The minimum atomic E-state index is -0.714. The maximum atomic E-state index is 13.9. The number of ether oxygens (including phenoxy) is 1. The standard InChI is InChI=1S/C21H23FN6O4/c1-27-18(12-5-7-32-8-6-12)26-16(17(29)21(27)31)20(30)23-10-13-3-4-14(22)9-15(13)19-24-11-25-28(19)2/h3-4,9,11-12,29H,5-8,10H2,1-2H3,(H,23,30). The van der Waals surface area contributed by atoms with Crippen molar-refractivity contribution in [2.75, 3.05) is 13.2 Å². The lowest BCUT2D eigenvalue weighted by molar-refractivity contribution is 0.0824. The van der Waals surface area contributed by atoms with Crippen LogP contribution in [0, 0.1) is 5.82 Å². The Balaban J connectivity index is 1.61. The van der Waals surface area contributed by atoms with E-state index in [9.17, 15) is 19.1 Å². The van der Waals surface area contributed by atoms with Gasteiger partial charge in [0.05, 0.1) is 0 Å². The third-order valence-electron chi connectivity index (χ3n) is 5.57. The molecule has 1 fully saturated rings. The number of hydrogen-bond donors (Lipinski definition) is 2. The normalized spacial score (nSPS) is 14.5. The minimum absolute atomic E-state index is 0.00420. The molecule has 0 atom stereocenters. The molecule has 10 nitrogen and oxygen atoms in total. The molecule has 0 unspecified atom stereocenters. The summed E-state index contributed by atoms with van der Waals surface area (Å²) in [7, 11) is 3.20. The zero-order chi connectivity index (χ0) is 22.8. The van der Waals surface area contributed by atoms with Crippen LogP contribution in [0.5, 0.6) is 5.75 Å². The highest BCUT2D eigenvalue weighted by atomic mass is 19.1. The van der Waals surface area contributed by atoms with E-state index in [4.69, 9.17) is 4.74 Å². The number of rotatable bonds is 5. The molecule has 2 aromatic heterocycles. The summed E-state index contributed by atoms with van der Waals surface area (Å²) in [6.45, 7) is 1.08. The van der Waals surface area contributed by atoms with Crippen LogP contribution in [0.4, 0.5) is 4.39 Å². The first-order chi connectivity index (χ1) is 15.4. The van der Waals surface area contributed by atoms with Gasteiger partial charge >= 0.3 is 0 Å². The smallest absolute Gasteiger partial charge is 0.296 e. The molecule has 0 saturated carbocycles. The second kappa shape index (κ2) is 8.87. The van der Waals surface area contributed by atoms with E-state index in [0.29, 0.717) is 48.8 Å². The topological polar surface area (TPSA) is 124 Å². The quantitative estimate of drug-likeness (QED) is 0.609. The highest BCUT2D eigenvalue weighted by molar-refractivity contribution is 5.94. The van der Waals surface area contributed by atoms with Gasteiger partial charge in [0.15, 0.2) is 11.5 Å². The summed E-state index contributed by atoms with van der Waals surface area (Å²) in [5.41, 5.74) is 0.0308. The fraction of sp³-hybridized carbons (Fsp3) is 0.381. The van der Waals surface area contributed by atoms with Crippen LogP contribution >= 0.6 is 0 Å². The predicted octanol–water partition coefficient (Wildman–Crippen LogP) is 1.24. The van der Waals surface area contributed by atoms with E-state index in [0.717, 1.165) is 0 Å². The summed E-state index contributed by atoms with van der Waals surface area (Å²) in [5, 5.41) is 17.0. The van der Waals surface area contributed by atoms with Crippen molar-refractivity contribution in [3.05, 3.63) is 57.8 Å². The molecule has 1 aromatic carbocycles. The summed E-state index contributed by atoms with van der Waals surface area (Å²) in [4.78, 5) is 33.8. The van der Waals surface area contributed by atoms with E-state index in [-0.39, 0.29) is 18.2 Å². The number of nitrogens with zero attached hydrogens (tertiary/aromatic N) is 5. The van der Waals surface area contributed by atoms with Crippen LogP contribution < -0.4 is 10.9 Å². The largest absolute Gasteiger partial charge is 0.501 e. The van der Waals surface area contributed by atoms with E-state index >= 15 is 0 Å². The molecule has 32 heavy (non-hydrogen) atoms. The van der Waals surface area contributed by atoms with Gasteiger partial charge in [0, 0.05) is 45.3 Å². The van der Waals surface area contributed by atoms with E-state index in [2.05, 4.69) is 20.4 Å². The molecule has 1 aliphatic rings. The van der Waals surface area contributed by atoms with E-state index in [1.54, 1.807) is 7.05 Å². The van der Waals surface area contributed by atoms with Gasteiger partial charge in [-0.15, -0.1) is 0 Å². The van der Waals surface area contributed by atoms with Gasteiger partial charge in [-0.1, -0.05) is 6.07 Å². The molecule has 11 heteroatoms. The van der Waals surface area contributed by atoms with Gasteiger partial charge in [-0.2, -0.15) is 5.10 Å². The Morgan fingerprint density at radius 3 is 2.75 bits per heavy atom. The molecule has 3 aromatic rings. The Bertz CT molecular complexity index is 1220. The zero-order valence-electron chi connectivity index (χ0n) is 17.7. The number of aryl methyl sites for hydroxylation is 1. The molecule has 2 N–H and O–H groups in total. The fourth-order valence-electron chi connectivity index (χ4n) is 3.80. The second-order valence-electron chi connectivity index (χ2n) is 7.61. The van der Waals surface area contributed by atoms with Gasteiger partial charge in [0.2, 0.25) is 5.75 Å². The third-order valence-corrected chi connectivity index (χ3v) is 5.57. The number of nitrogens with one attached hydrogen (secondary N) is 1. The molecular weight excluding hydrogens is 419 g/mol. The first kappa shape index (κ1) is 21.6. The molecule has 1 aliphatic heterocycles. The van der Waals surface area contributed by atoms with Crippen molar-refractivity contribution < 1.29 is 19.0 Å². The number of benzene rings is 1. The Hall–Kier alpha value is -3.60. The van der Waals surface area contributed by atoms with Crippen molar-refractivity contribution in [2.24, 2.45) is 14.1 Å². The number of aromatic nitrogens is 5. The molecule has 1 amide bonds.